The molecule has 0 amide bonds. The molecule has 0 bridgehead atoms. The number of hydrogen-bond acceptors (Lipinski definition) is 4. The van der Waals surface area contributed by atoms with Crippen LogP contribution < -0.4 is 10.5 Å². The Hall–Kier alpha value is -1.55. The van der Waals surface area contributed by atoms with E-state index in [2.05, 4.69) is 10.8 Å². The summed E-state index contributed by atoms with van der Waals surface area (Å²) in [5.74, 6) is 0.276. The van der Waals surface area contributed by atoms with Crippen LogP contribution in [-0.2, 0) is 9.53 Å². The lowest BCUT2D eigenvalue weighted by molar-refractivity contribution is -0.147. The van der Waals surface area contributed by atoms with Gasteiger partial charge in [-0.1, -0.05) is 6.07 Å². The Morgan fingerprint density at radius 1 is 1.33 bits per heavy atom. The van der Waals surface area contributed by atoms with E-state index in [9.17, 15) is 4.79 Å². The fraction of sp³-hybridized carbons (Fsp3) is 0.500. The second-order valence-electron chi connectivity index (χ2n) is 4.90. The minimum atomic E-state index is -1.14. The highest BCUT2D eigenvalue weighted by Crippen LogP contribution is 2.24. The van der Waals surface area contributed by atoms with Crippen LogP contribution in [-0.4, -0.2) is 25.2 Å². The van der Waals surface area contributed by atoms with Crippen LogP contribution in [0.3, 0.4) is 0 Å². The predicted molar refractivity (Wildman–Crippen MR) is 70.8 cm³/mol. The third kappa shape index (κ3) is 3.23. The minimum Gasteiger partial charge on any atom is -0.491 e. The first kappa shape index (κ1) is 14.5. The molecule has 0 aliphatic carbocycles. The van der Waals surface area contributed by atoms with Crippen molar-refractivity contribution >= 4 is 5.97 Å². The van der Waals surface area contributed by atoms with Crippen molar-refractivity contribution in [2.45, 2.75) is 33.2 Å². The molecule has 4 nitrogen and oxygen atoms in total. The van der Waals surface area contributed by atoms with Crippen LogP contribution in [0, 0.1) is 20.8 Å². The van der Waals surface area contributed by atoms with E-state index in [0.29, 0.717) is 0 Å². The van der Waals surface area contributed by atoms with Crippen molar-refractivity contribution in [1.82, 2.24) is 0 Å². The molecule has 1 rings (SSSR count). The fourth-order valence-corrected chi connectivity index (χ4v) is 1.67. The van der Waals surface area contributed by atoms with E-state index in [1.54, 1.807) is 6.92 Å². The Labute approximate surface area is 108 Å². The third-order valence-corrected chi connectivity index (χ3v) is 2.94. The maximum absolute atomic E-state index is 11.4. The summed E-state index contributed by atoms with van der Waals surface area (Å²) in [4.78, 5) is 11.4. The highest BCUT2D eigenvalue weighted by atomic mass is 16.5. The van der Waals surface area contributed by atoms with Gasteiger partial charge >= 0.3 is 5.97 Å². The zero-order chi connectivity index (χ0) is 13.9. The number of benzene rings is 1. The van der Waals surface area contributed by atoms with E-state index >= 15 is 0 Å². The molecule has 1 unspecified atom stereocenters. The molecule has 0 heterocycles. The summed E-state index contributed by atoms with van der Waals surface area (Å²) in [6.07, 6.45) is 0. The van der Waals surface area contributed by atoms with Crippen molar-refractivity contribution < 1.29 is 14.3 Å². The molecule has 18 heavy (non-hydrogen) atoms. The summed E-state index contributed by atoms with van der Waals surface area (Å²) in [6, 6.07) is 4.03. The zero-order valence-electron chi connectivity index (χ0n) is 11.7. The molecule has 0 saturated heterocycles. The van der Waals surface area contributed by atoms with Crippen molar-refractivity contribution in [3.05, 3.63) is 28.8 Å². The Kier molecular flexibility index (Phi) is 4.35. The molecule has 2 N–H and O–H groups in total. The predicted octanol–water partition coefficient (Wildman–Crippen LogP) is 1.88. The number of methoxy groups -OCH3 is 1. The first-order valence-corrected chi connectivity index (χ1v) is 5.86. The molecule has 0 saturated carbocycles. The highest BCUT2D eigenvalue weighted by molar-refractivity contribution is 5.80. The number of aryl methyl sites for hydroxylation is 2. The molecule has 1 atom stereocenters. The molecule has 0 radical (unpaired) electrons. The summed E-state index contributed by atoms with van der Waals surface area (Å²) in [5.41, 5.74) is 8.03. The van der Waals surface area contributed by atoms with Gasteiger partial charge < -0.3 is 15.2 Å². The topological polar surface area (TPSA) is 61.5 Å². The van der Waals surface area contributed by atoms with Crippen molar-refractivity contribution in [3.8, 4) is 5.75 Å². The van der Waals surface area contributed by atoms with Crippen molar-refractivity contribution in [3.63, 3.8) is 0 Å². The van der Waals surface area contributed by atoms with Gasteiger partial charge in [0.2, 0.25) is 0 Å². The molecule has 0 aromatic heterocycles. The van der Waals surface area contributed by atoms with Crippen LogP contribution in [0.5, 0.6) is 5.75 Å². The number of rotatable bonds is 4. The summed E-state index contributed by atoms with van der Waals surface area (Å²) in [6.45, 7) is 7.69. The molecule has 0 fully saturated rings. The number of hydrogen-bond donors (Lipinski definition) is 1. The Morgan fingerprint density at radius 2 is 1.94 bits per heavy atom. The number of ether oxygens (including phenoxy) is 2. The van der Waals surface area contributed by atoms with Crippen LogP contribution in [0.1, 0.15) is 23.6 Å². The summed E-state index contributed by atoms with van der Waals surface area (Å²) in [7, 11) is 1.31. The van der Waals surface area contributed by atoms with E-state index in [4.69, 9.17) is 10.5 Å². The lowest BCUT2D eigenvalue weighted by atomic mass is 10.0. The number of nitrogens with two attached hydrogens (primary N) is 1. The SMILES string of the molecule is COC(=O)C(C)(N)COc1cc(C)cc(C)c1C. The average Bonchev–Trinajstić information content (AvgIpc) is 2.30. The van der Waals surface area contributed by atoms with Crippen molar-refractivity contribution in [1.29, 1.82) is 0 Å². The monoisotopic (exact) mass is 251 g/mol. The highest BCUT2D eigenvalue weighted by Gasteiger charge is 2.30. The van der Waals surface area contributed by atoms with E-state index in [-0.39, 0.29) is 6.61 Å². The Morgan fingerprint density at radius 3 is 2.50 bits per heavy atom. The molecule has 1 aromatic carbocycles. The largest absolute Gasteiger partial charge is 0.491 e. The van der Waals surface area contributed by atoms with Crippen LogP contribution in [0.2, 0.25) is 0 Å². The Bertz CT molecular complexity index is 453. The third-order valence-electron chi connectivity index (χ3n) is 2.94. The first-order chi connectivity index (χ1) is 8.27. The zero-order valence-corrected chi connectivity index (χ0v) is 11.7. The van der Waals surface area contributed by atoms with E-state index < -0.39 is 11.5 Å². The number of carbonyl (C=O) groups is 1. The van der Waals surface area contributed by atoms with Gasteiger partial charge in [0.15, 0.2) is 0 Å². The maximum Gasteiger partial charge on any atom is 0.329 e. The van der Waals surface area contributed by atoms with Gasteiger partial charge in [0.25, 0.3) is 0 Å². The Balaban J connectivity index is 2.84. The van der Waals surface area contributed by atoms with Gasteiger partial charge in [-0.05, 0) is 50.5 Å². The maximum atomic E-state index is 11.4. The van der Waals surface area contributed by atoms with Gasteiger partial charge in [0.1, 0.15) is 17.9 Å². The molecule has 0 aliphatic rings. The average molecular weight is 251 g/mol. The van der Waals surface area contributed by atoms with Gasteiger partial charge in [-0.15, -0.1) is 0 Å². The van der Waals surface area contributed by atoms with Crippen molar-refractivity contribution in [2.24, 2.45) is 5.73 Å². The fourth-order valence-electron chi connectivity index (χ4n) is 1.67. The van der Waals surface area contributed by atoms with Crippen LogP contribution >= 0.6 is 0 Å². The molecular formula is C14H21NO3. The second kappa shape index (κ2) is 5.40. The standard InChI is InChI=1S/C14H21NO3/c1-9-6-10(2)11(3)12(7-9)18-8-14(4,15)13(16)17-5/h6-7H,8,15H2,1-5H3. The smallest absolute Gasteiger partial charge is 0.329 e. The molecular weight excluding hydrogens is 230 g/mol. The van der Waals surface area contributed by atoms with Gasteiger partial charge in [-0.25, -0.2) is 4.79 Å². The summed E-state index contributed by atoms with van der Waals surface area (Å²) >= 11 is 0. The van der Waals surface area contributed by atoms with Crippen LogP contribution in [0.15, 0.2) is 12.1 Å². The van der Waals surface area contributed by atoms with E-state index in [0.717, 1.165) is 22.4 Å². The molecule has 0 spiro atoms. The second-order valence-corrected chi connectivity index (χ2v) is 4.90. The van der Waals surface area contributed by atoms with Gasteiger partial charge in [0.05, 0.1) is 7.11 Å². The minimum absolute atomic E-state index is 0.0867. The van der Waals surface area contributed by atoms with E-state index in [1.165, 1.54) is 7.11 Å². The van der Waals surface area contributed by atoms with Gasteiger partial charge in [0, 0.05) is 0 Å². The summed E-state index contributed by atoms with van der Waals surface area (Å²) in [5, 5.41) is 0. The summed E-state index contributed by atoms with van der Waals surface area (Å²) < 4.78 is 10.3. The molecule has 1 aromatic rings. The van der Waals surface area contributed by atoms with Crippen LogP contribution in [0.4, 0.5) is 0 Å². The first-order valence-electron chi connectivity index (χ1n) is 5.86. The lowest BCUT2D eigenvalue weighted by Gasteiger charge is -2.22. The quantitative estimate of drug-likeness (QED) is 0.830. The molecule has 100 valence electrons. The van der Waals surface area contributed by atoms with Gasteiger partial charge in [-0.3, -0.25) is 0 Å². The number of carbonyl (C=O) groups excluding carboxylic acids is 1. The molecule has 4 heteroatoms. The van der Waals surface area contributed by atoms with E-state index in [1.807, 2.05) is 26.8 Å². The normalized spacial score (nSPS) is 13.9. The van der Waals surface area contributed by atoms with Crippen LogP contribution in [0.25, 0.3) is 0 Å². The lowest BCUT2D eigenvalue weighted by Crippen LogP contribution is -2.50. The van der Waals surface area contributed by atoms with Gasteiger partial charge in [-0.2, -0.15) is 0 Å². The van der Waals surface area contributed by atoms with Crippen molar-refractivity contribution in [2.75, 3.05) is 13.7 Å². The molecule has 0 aliphatic heterocycles. The number of esters is 1.